The molecular weight excluding hydrogens is 160 g/mol. The van der Waals surface area contributed by atoms with E-state index in [9.17, 15) is 0 Å². The second-order valence-corrected chi connectivity index (χ2v) is 4.66. The van der Waals surface area contributed by atoms with Gasteiger partial charge in [0.2, 0.25) is 0 Å². The molecule has 0 heterocycles. The van der Waals surface area contributed by atoms with Gasteiger partial charge in [-0.25, -0.2) is 0 Å². The summed E-state index contributed by atoms with van der Waals surface area (Å²) >= 11 is 0. The van der Waals surface area contributed by atoms with E-state index in [1.807, 2.05) is 0 Å². The second-order valence-electron chi connectivity index (χ2n) is 4.66. The Morgan fingerprint density at radius 1 is 1.00 bits per heavy atom. The van der Waals surface area contributed by atoms with Gasteiger partial charge < -0.3 is 9.80 Å². The number of hydrogen-bond acceptors (Lipinski definition) is 2. The fourth-order valence-corrected chi connectivity index (χ4v) is 1.73. The summed E-state index contributed by atoms with van der Waals surface area (Å²) in [5, 5.41) is 0. The summed E-state index contributed by atoms with van der Waals surface area (Å²) in [6.07, 6.45) is 1.24. The van der Waals surface area contributed by atoms with E-state index in [-0.39, 0.29) is 0 Å². The molecule has 1 unspecified atom stereocenters. The summed E-state index contributed by atoms with van der Waals surface area (Å²) in [4.78, 5) is 4.75. The van der Waals surface area contributed by atoms with Crippen LogP contribution in [0.15, 0.2) is 0 Å². The first kappa shape index (κ1) is 12.9. The van der Waals surface area contributed by atoms with Crippen LogP contribution in [0.2, 0.25) is 0 Å². The standard InChI is InChI=1S/C11H26N2/c1-7-11(9-12(4)5)13(6)8-10(2)3/h10-11H,7-9H2,1-6H3. The van der Waals surface area contributed by atoms with Crippen LogP contribution in [0.5, 0.6) is 0 Å². The highest BCUT2D eigenvalue weighted by molar-refractivity contribution is 4.70. The maximum Gasteiger partial charge on any atom is 0.0217 e. The lowest BCUT2D eigenvalue weighted by Crippen LogP contribution is -2.40. The van der Waals surface area contributed by atoms with Gasteiger partial charge in [0.1, 0.15) is 0 Å². The quantitative estimate of drug-likeness (QED) is 0.625. The van der Waals surface area contributed by atoms with Crippen LogP contribution in [0.1, 0.15) is 27.2 Å². The summed E-state index contributed by atoms with van der Waals surface area (Å²) in [7, 11) is 6.52. The van der Waals surface area contributed by atoms with Gasteiger partial charge in [0.05, 0.1) is 0 Å². The number of hydrogen-bond donors (Lipinski definition) is 0. The lowest BCUT2D eigenvalue weighted by Gasteiger charge is -2.30. The van der Waals surface area contributed by atoms with Crippen molar-refractivity contribution in [1.82, 2.24) is 9.80 Å². The summed E-state index contributed by atoms with van der Waals surface area (Å²) in [5.74, 6) is 0.765. The maximum atomic E-state index is 2.48. The van der Waals surface area contributed by atoms with Crippen molar-refractivity contribution in [3.05, 3.63) is 0 Å². The molecule has 0 bridgehead atoms. The molecule has 0 N–H and O–H groups in total. The van der Waals surface area contributed by atoms with Gasteiger partial charge in [-0.2, -0.15) is 0 Å². The molecule has 80 valence electrons. The predicted molar refractivity (Wildman–Crippen MR) is 60.1 cm³/mol. The molecule has 0 aliphatic rings. The van der Waals surface area contributed by atoms with Crippen molar-refractivity contribution < 1.29 is 0 Å². The average molecular weight is 186 g/mol. The van der Waals surface area contributed by atoms with E-state index in [4.69, 9.17) is 0 Å². The molecule has 0 spiro atoms. The fourth-order valence-electron chi connectivity index (χ4n) is 1.73. The highest BCUT2D eigenvalue weighted by atomic mass is 15.2. The average Bonchev–Trinajstić information content (AvgIpc) is 1.98. The molecule has 0 aromatic rings. The molecule has 0 aliphatic heterocycles. The molecule has 2 nitrogen and oxygen atoms in total. The van der Waals surface area contributed by atoms with Gasteiger partial charge in [-0.3, -0.25) is 0 Å². The van der Waals surface area contributed by atoms with Crippen LogP contribution in [-0.2, 0) is 0 Å². The van der Waals surface area contributed by atoms with E-state index < -0.39 is 0 Å². The minimum Gasteiger partial charge on any atom is -0.308 e. The van der Waals surface area contributed by atoms with Crippen molar-refractivity contribution in [2.24, 2.45) is 5.92 Å². The third-order valence-electron chi connectivity index (χ3n) is 2.32. The van der Waals surface area contributed by atoms with Crippen molar-refractivity contribution in [3.63, 3.8) is 0 Å². The zero-order chi connectivity index (χ0) is 10.4. The van der Waals surface area contributed by atoms with Crippen molar-refractivity contribution in [3.8, 4) is 0 Å². The van der Waals surface area contributed by atoms with Crippen molar-refractivity contribution >= 4 is 0 Å². The Balaban J connectivity index is 3.91. The van der Waals surface area contributed by atoms with Gasteiger partial charge in [0.25, 0.3) is 0 Å². The van der Waals surface area contributed by atoms with Crippen LogP contribution < -0.4 is 0 Å². The number of nitrogens with zero attached hydrogens (tertiary/aromatic N) is 2. The smallest absolute Gasteiger partial charge is 0.0217 e. The van der Waals surface area contributed by atoms with Crippen LogP contribution in [0.25, 0.3) is 0 Å². The summed E-state index contributed by atoms with van der Waals surface area (Å²) in [6.45, 7) is 9.19. The van der Waals surface area contributed by atoms with E-state index in [1.165, 1.54) is 19.5 Å². The Hall–Kier alpha value is -0.0800. The highest BCUT2D eigenvalue weighted by Crippen LogP contribution is 2.06. The van der Waals surface area contributed by atoms with Gasteiger partial charge in [-0.15, -0.1) is 0 Å². The van der Waals surface area contributed by atoms with Crippen LogP contribution >= 0.6 is 0 Å². The molecule has 0 aromatic carbocycles. The van der Waals surface area contributed by atoms with Gasteiger partial charge in [-0.1, -0.05) is 20.8 Å². The number of likely N-dealkylation sites (N-methyl/N-ethyl adjacent to an activating group) is 2. The first-order valence-corrected chi connectivity index (χ1v) is 5.32. The molecule has 0 rings (SSSR count). The monoisotopic (exact) mass is 186 g/mol. The molecule has 0 saturated heterocycles. The van der Waals surface area contributed by atoms with E-state index in [2.05, 4.69) is 51.7 Å². The Bertz CT molecular complexity index is 121. The Morgan fingerprint density at radius 3 is 1.85 bits per heavy atom. The van der Waals surface area contributed by atoms with Gasteiger partial charge in [-0.05, 0) is 33.5 Å². The summed E-state index contributed by atoms with van der Waals surface area (Å²) < 4.78 is 0. The van der Waals surface area contributed by atoms with Gasteiger partial charge in [0.15, 0.2) is 0 Å². The molecule has 2 heteroatoms. The lowest BCUT2D eigenvalue weighted by molar-refractivity contribution is 0.174. The molecule has 0 aliphatic carbocycles. The van der Waals surface area contributed by atoms with Crippen LogP contribution in [0.4, 0.5) is 0 Å². The summed E-state index contributed by atoms with van der Waals surface area (Å²) in [6, 6.07) is 0.706. The SMILES string of the molecule is CCC(CN(C)C)N(C)CC(C)C. The van der Waals surface area contributed by atoms with E-state index in [1.54, 1.807) is 0 Å². The fraction of sp³-hybridized carbons (Fsp3) is 1.00. The molecule has 0 aromatic heterocycles. The highest BCUT2D eigenvalue weighted by Gasteiger charge is 2.13. The van der Waals surface area contributed by atoms with Crippen LogP contribution in [-0.4, -0.2) is 50.1 Å². The Morgan fingerprint density at radius 2 is 1.54 bits per heavy atom. The van der Waals surface area contributed by atoms with Crippen LogP contribution in [0, 0.1) is 5.92 Å². The Kier molecular flexibility index (Phi) is 6.35. The zero-order valence-electron chi connectivity index (χ0n) is 10.2. The zero-order valence-corrected chi connectivity index (χ0v) is 10.2. The van der Waals surface area contributed by atoms with Crippen molar-refractivity contribution in [2.45, 2.75) is 33.2 Å². The molecule has 0 radical (unpaired) electrons. The minimum atomic E-state index is 0.706. The van der Waals surface area contributed by atoms with Crippen molar-refractivity contribution in [2.75, 3.05) is 34.2 Å². The third kappa shape index (κ3) is 6.05. The predicted octanol–water partition coefficient (Wildman–Crippen LogP) is 1.91. The van der Waals surface area contributed by atoms with E-state index in [0.717, 1.165) is 5.92 Å². The first-order chi connectivity index (χ1) is 5.97. The van der Waals surface area contributed by atoms with E-state index in [0.29, 0.717) is 6.04 Å². The lowest BCUT2D eigenvalue weighted by atomic mass is 10.1. The van der Waals surface area contributed by atoms with Crippen molar-refractivity contribution in [1.29, 1.82) is 0 Å². The minimum absolute atomic E-state index is 0.706. The molecule has 1 atom stereocenters. The normalized spacial score (nSPS) is 14.5. The third-order valence-corrected chi connectivity index (χ3v) is 2.32. The molecule has 0 fully saturated rings. The molecular formula is C11H26N2. The molecule has 0 amide bonds. The summed E-state index contributed by atoms with van der Waals surface area (Å²) in [5.41, 5.74) is 0. The second kappa shape index (κ2) is 6.39. The molecule has 13 heavy (non-hydrogen) atoms. The molecule has 0 saturated carbocycles. The first-order valence-electron chi connectivity index (χ1n) is 5.32. The number of rotatable bonds is 6. The Labute approximate surface area is 83.9 Å². The topological polar surface area (TPSA) is 6.48 Å². The van der Waals surface area contributed by atoms with Gasteiger partial charge >= 0.3 is 0 Å². The largest absolute Gasteiger partial charge is 0.308 e. The maximum absolute atomic E-state index is 2.48. The van der Waals surface area contributed by atoms with E-state index >= 15 is 0 Å². The van der Waals surface area contributed by atoms with Crippen LogP contribution in [0.3, 0.4) is 0 Å². The van der Waals surface area contributed by atoms with Gasteiger partial charge in [0, 0.05) is 19.1 Å².